The molecule has 1 heteroatoms. The number of nitrogens with one attached hydrogen (secondary N) is 1. The van der Waals surface area contributed by atoms with Crippen molar-refractivity contribution in [3.8, 4) is 0 Å². The zero-order chi connectivity index (χ0) is 8.53. The quantitative estimate of drug-likeness (QED) is 0.686. The second-order valence-electron chi connectivity index (χ2n) is 1.90. The van der Waals surface area contributed by atoms with Gasteiger partial charge in [-0.25, -0.2) is 0 Å². The van der Waals surface area contributed by atoms with Gasteiger partial charge in [-0.1, -0.05) is 32.0 Å². The second kappa shape index (κ2) is 7.13. The summed E-state index contributed by atoms with van der Waals surface area (Å²) in [6.07, 6.45) is 0. The van der Waals surface area contributed by atoms with Crippen LogP contribution in [0.5, 0.6) is 0 Å². The summed E-state index contributed by atoms with van der Waals surface area (Å²) in [5.41, 5.74) is 1.19. The van der Waals surface area contributed by atoms with Crippen molar-refractivity contribution >= 4 is 5.69 Å². The van der Waals surface area contributed by atoms with Gasteiger partial charge in [0.2, 0.25) is 0 Å². The van der Waals surface area contributed by atoms with E-state index in [1.54, 1.807) is 0 Å². The fraction of sp³-hybridized carbons (Fsp3) is 0.400. The van der Waals surface area contributed by atoms with Gasteiger partial charge in [0.1, 0.15) is 0 Å². The van der Waals surface area contributed by atoms with Crippen LogP contribution in [0.4, 0.5) is 5.69 Å². The first-order valence-corrected chi connectivity index (χ1v) is 4.22. The molecule has 0 aromatic heterocycles. The van der Waals surface area contributed by atoms with Crippen LogP contribution in [-0.4, -0.2) is 6.54 Å². The predicted molar refractivity (Wildman–Crippen MR) is 54.1 cm³/mol. The van der Waals surface area contributed by atoms with Crippen molar-refractivity contribution in [3.63, 3.8) is 0 Å². The van der Waals surface area contributed by atoms with Crippen LogP contribution < -0.4 is 5.32 Å². The van der Waals surface area contributed by atoms with Crippen LogP contribution in [0.15, 0.2) is 30.3 Å². The van der Waals surface area contributed by atoms with Gasteiger partial charge < -0.3 is 5.32 Å². The Morgan fingerprint density at radius 3 is 2.18 bits per heavy atom. The molecule has 0 radical (unpaired) electrons. The van der Waals surface area contributed by atoms with Crippen molar-refractivity contribution < 1.29 is 1.43 Å². The predicted octanol–water partition coefficient (Wildman–Crippen LogP) is 3.39. The Bertz CT molecular complexity index is 163. The van der Waals surface area contributed by atoms with Crippen molar-refractivity contribution in [2.75, 3.05) is 11.9 Å². The summed E-state index contributed by atoms with van der Waals surface area (Å²) in [7, 11) is 0. The minimum atomic E-state index is 0. The van der Waals surface area contributed by atoms with E-state index in [0.717, 1.165) is 6.54 Å². The van der Waals surface area contributed by atoms with Crippen LogP contribution in [0.2, 0.25) is 0 Å². The van der Waals surface area contributed by atoms with E-state index in [2.05, 4.69) is 24.4 Å². The highest BCUT2D eigenvalue weighted by Gasteiger charge is 1.81. The molecule has 0 saturated heterocycles. The molecule has 0 unspecified atom stereocenters. The lowest BCUT2D eigenvalue weighted by molar-refractivity contribution is 1.21. The van der Waals surface area contributed by atoms with Gasteiger partial charge in [-0.2, -0.15) is 0 Å². The molecule has 0 aliphatic rings. The first-order chi connectivity index (χ1) is 5.43. The minimum absolute atomic E-state index is 0. The molecular formula is C10H19N. The van der Waals surface area contributed by atoms with E-state index >= 15 is 0 Å². The van der Waals surface area contributed by atoms with Crippen LogP contribution in [0.1, 0.15) is 22.2 Å². The van der Waals surface area contributed by atoms with Gasteiger partial charge in [0.25, 0.3) is 0 Å². The summed E-state index contributed by atoms with van der Waals surface area (Å²) in [5, 5.41) is 3.21. The molecule has 0 saturated carbocycles. The van der Waals surface area contributed by atoms with E-state index < -0.39 is 0 Å². The van der Waals surface area contributed by atoms with E-state index in [9.17, 15) is 0 Å². The highest BCUT2D eigenvalue weighted by Crippen LogP contribution is 2.02. The number of anilines is 1. The largest absolute Gasteiger partial charge is 0.385 e. The molecule has 1 N–H and O–H groups in total. The first kappa shape index (κ1) is 10.0. The lowest BCUT2D eigenvalue weighted by Crippen LogP contribution is -1.94. The summed E-state index contributed by atoms with van der Waals surface area (Å²) in [6.45, 7) is 7.08. The van der Waals surface area contributed by atoms with Crippen molar-refractivity contribution in [3.05, 3.63) is 30.3 Å². The van der Waals surface area contributed by atoms with Gasteiger partial charge in [0.15, 0.2) is 0 Å². The molecule has 1 aromatic carbocycles. The molecule has 0 heterocycles. The van der Waals surface area contributed by atoms with Crippen molar-refractivity contribution in [2.45, 2.75) is 20.8 Å². The molecule has 1 nitrogen and oxygen atoms in total. The number of benzene rings is 1. The molecule has 0 aliphatic carbocycles. The number of para-hydroxylation sites is 1. The van der Waals surface area contributed by atoms with Crippen molar-refractivity contribution in [1.29, 1.82) is 0 Å². The molecule has 1 aromatic rings. The standard InChI is InChI=1S/C8H11N.C2H6.H2/c1-2-9-8-6-4-3-5-7-8;1-2;/h3-7,9H,2H2,1H3;1-2H3;1H. The maximum Gasteiger partial charge on any atom is 0.0340 e. The molecule has 64 valence electrons. The van der Waals surface area contributed by atoms with E-state index in [0.29, 0.717) is 0 Å². The third-order valence-corrected chi connectivity index (χ3v) is 1.15. The third kappa shape index (κ3) is 4.43. The monoisotopic (exact) mass is 153 g/mol. The molecule has 0 amide bonds. The molecule has 0 atom stereocenters. The summed E-state index contributed by atoms with van der Waals surface area (Å²) >= 11 is 0. The number of rotatable bonds is 2. The Morgan fingerprint density at radius 2 is 1.73 bits per heavy atom. The van der Waals surface area contributed by atoms with Gasteiger partial charge >= 0.3 is 0 Å². The third-order valence-electron chi connectivity index (χ3n) is 1.15. The van der Waals surface area contributed by atoms with Crippen LogP contribution in [-0.2, 0) is 0 Å². The van der Waals surface area contributed by atoms with Crippen molar-refractivity contribution in [2.24, 2.45) is 0 Å². The van der Waals surface area contributed by atoms with Crippen molar-refractivity contribution in [1.82, 2.24) is 0 Å². The first-order valence-electron chi connectivity index (χ1n) is 4.22. The minimum Gasteiger partial charge on any atom is -0.385 e. The zero-order valence-corrected chi connectivity index (χ0v) is 7.59. The van der Waals surface area contributed by atoms with Gasteiger partial charge in [0.05, 0.1) is 0 Å². The second-order valence-corrected chi connectivity index (χ2v) is 1.90. The highest BCUT2D eigenvalue weighted by atomic mass is 14.8. The number of hydrogen-bond acceptors (Lipinski definition) is 1. The van der Waals surface area contributed by atoms with Gasteiger partial charge in [-0.05, 0) is 19.1 Å². The number of hydrogen-bond donors (Lipinski definition) is 1. The normalized spacial score (nSPS) is 7.91. The molecule has 1 rings (SSSR count). The Kier molecular flexibility index (Phi) is 6.50. The molecule has 0 spiro atoms. The summed E-state index contributed by atoms with van der Waals surface area (Å²) in [4.78, 5) is 0. The topological polar surface area (TPSA) is 12.0 Å². The SMILES string of the molecule is CC.CCNc1ccccc1.[HH]. The lowest BCUT2D eigenvalue weighted by Gasteiger charge is -1.99. The summed E-state index contributed by atoms with van der Waals surface area (Å²) < 4.78 is 0. The highest BCUT2D eigenvalue weighted by molar-refractivity contribution is 5.41. The van der Waals surface area contributed by atoms with Crippen LogP contribution in [0.3, 0.4) is 0 Å². The van der Waals surface area contributed by atoms with E-state index in [4.69, 9.17) is 0 Å². The van der Waals surface area contributed by atoms with Gasteiger partial charge in [0, 0.05) is 13.7 Å². The average Bonchev–Trinajstić information content (AvgIpc) is 2.11. The summed E-state index contributed by atoms with van der Waals surface area (Å²) in [6, 6.07) is 10.2. The van der Waals surface area contributed by atoms with E-state index in [1.807, 2.05) is 32.0 Å². The van der Waals surface area contributed by atoms with Crippen LogP contribution >= 0.6 is 0 Å². The molecule has 11 heavy (non-hydrogen) atoms. The fourth-order valence-electron chi connectivity index (χ4n) is 0.760. The molecule has 0 aliphatic heterocycles. The Morgan fingerprint density at radius 1 is 1.18 bits per heavy atom. The van der Waals surface area contributed by atoms with Crippen LogP contribution in [0, 0.1) is 0 Å². The van der Waals surface area contributed by atoms with Crippen LogP contribution in [0.25, 0.3) is 0 Å². The molecule has 0 bridgehead atoms. The zero-order valence-electron chi connectivity index (χ0n) is 7.59. The fourth-order valence-corrected chi connectivity index (χ4v) is 0.760. The lowest BCUT2D eigenvalue weighted by atomic mass is 10.3. The molecular weight excluding hydrogens is 134 g/mol. The average molecular weight is 153 g/mol. The van der Waals surface area contributed by atoms with Gasteiger partial charge in [-0.15, -0.1) is 0 Å². The smallest absolute Gasteiger partial charge is 0.0340 e. The van der Waals surface area contributed by atoms with E-state index in [-0.39, 0.29) is 1.43 Å². The Hall–Kier alpha value is -0.980. The Balaban J connectivity index is 0. The maximum atomic E-state index is 3.21. The van der Waals surface area contributed by atoms with Gasteiger partial charge in [-0.3, -0.25) is 0 Å². The molecule has 0 fully saturated rings. The Labute approximate surface area is 70.9 Å². The maximum absolute atomic E-state index is 3.21. The summed E-state index contributed by atoms with van der Waals surface area (Å²) in [5.74, 6) is 0. The van der Waals surface area contributed by atoms with E-state index in [1.165, 1.54) is 5.69 Å².